The monoisotopic (exact) mass is 201 g/mol. The van der Waals surface area contributed by atoms with E-state index in [2.05, 4.69) is 12.2 Å². The summed E-state index contributed by atoms with van der Waals surface area (Å²) in [6, 6.07) is 0. The molecular formula is C10H19NO3. The zero-order valence-corrected chi connectivity index (χ0v) is 8.75. The minimum Gasteiger partial charge on any atom is -0.466 e. The molecule has 1 rings (SSSR count). The average Bonchev–Trinajstić information content (AvgIpc) is 2.10. The summed E-state index contributed by atoms with van der Waals surface area (Å²) in [6.07, 6.45) is 2.68. The number of hydrogen-bond donors (Lipinski definition) is 1. The fourth-order valence-corrected chi connectivity index (χ4v) is 1.09. The topological polar surface area (TPSA) is 47.6 Å². The van der Waals surface area contributed by atoms with Crippen LogP contribution in [0, 0.1) is 0 Å². The molecule has 0 saturated carbocycles. The number of rotatable bonds is 7. The van der Waals surface area contributed by atoms with E-state index in [-0.39, 0.29) is 5.97 Å². The number of ether oxygens (including phenoxy) is 2. The molecule has 0 spiro atoms. The van der Waals surface area contributed by atoms with Crippen molar-refractivity contribution in [2.24, 2.45) is 0 Å². The lowest BCUT2D eigenvalue weighted by molar-refractivity contribution is -0.145. The fourth-order valence-electron chi connectivity index (χ4n) is 1.09. The predicted octanol–water partition coefficient (Wildman–Crippen LogP) is 0.708. The molecule has 1 heterocycles. The van der Waals surface area contributed by atoms with E-state index in [1.54, 1.807) is 0 Å². The molecule has 1 aliphatic heterocycles. The molecule has 0 bridgehead atoms. The number of esters is 1. The summed E-state index contributed by atoms with van der Waals surface area (Å²) >= 11 is 0. The number of unbranched alkanes of at least 4 members (excludes halogenated alkanes) is 1. The maximum Gasteiger partial charge on any atom is 0.308 e. The Balaban J connectivity index is 1.86. The van der Waals surface area contributed by atoms with Gasteiger partial charge >= 0.3 is 5.97 Å². The van der Waals surface area contributed by atoms with Gasteiger partial charge in [-0.05, 0) is 6.42 Å². The van der Waals surface area contributed by atoms with E-state index in [1.807, 2.05) is 0 Å². The molecule has 1 aliphatic rings. The molecule has 0 aliphatic carbocycles. The first-order valence-electron chi connectivity index (χ1n) is 5.31. The van der Waals surface area contributed by atoms with Gasteiger partial charge < -0.3 is 14.8 Å². The molecule has 82 valence electrons. The van der Waals surface area contributed by atoms with Gasteiger partial charge in [0.05, 0.1) is 25.7 Å². The quantitative estimate of drug-likeness (QED) is 0.487. The molecule has 4 nitrogen and oxygen atoms in total. The number of carbonyl (C=O) groups excluding carboxylic acids is 1. The van der Waals surface area contributed by atoms with E-state index >= 15 is 0 Å². The van der Waals surface area contributed by atoms with Crippen LogP contribution in [0.1, 0.15) is 26.2 Å². The summed E-state index contributed by atoms with van der Waals surface area (Å²) in [5.41, 5.74) is 0. The smallest absolute Gasteiger partial charge is 0.308 e. The first-order valence-corrected chi connectivity index (χ1v) is 5.31. The maximum atomic E-state index is 11.1. The van der Waals surface area contributed by atoms with Gasteiger partial charge in [0.2, 0.25) is 0 Å². The average molecular weight is 201 g/mol. The third-order valence-corrected chi connectivity index (χ3v) is 2.16. The van der Waals surface area contributed by atoms with Gasteiger partial charge in [-0.3, -0.25) is 4.79 Å². The minimum atomic E-state index is -0.147. The molecule has 0 atom stereocenters. The molecule has 4 heteroatoms. The van der Waals surface area contributed by atoms with Crippen LogP contribution in [0.3, 0.4) is 0 Å². The van der Waals surface area contributed by atoms with Gasteiger partial charge in [0.15, 0.2) is 0 Å². The SMILES string of the molecule is CCCCOC(=O)CCOC1CNC1. The van der Waals surface area contributed by atoms with E-state index in [0.717, 1.165) is 25.9 Å². The van der Waals surface area contributed by atoms with E-state index in [1.165, 1.54) is 0 Å². The first kappa shape index (κ1) is 11.5. The van der Waals surface area contributed by atoms with Crippen LogP contribution in [0.2, 0.25) is 0 Å². The molecule has 14 heavy (non-hydrogen) atoms. The molecule has 1 N–H and O–H groups in total. The van der Waals surface area contributed by atoms with Crippen molar-refractivity contribution in [1.29, 1.82) is 0 Å². The Morgan fingerprint density at radius 3 is 2.79 bits per heavy atom. The Hall–Kier alpha value is -0.610. The number of nitrogens with one attached hydrogen (secondary N) is 1. The summed E-state index contributed by atoms with van der Waals surface area (Å²) in [5, 5.41) is 3.10. The zero-order chi connectivity index (χ0) is 10.2. The Kier molecular flexibility index (Phi) is 5.56. The van der Waals surface area contributed by atoms with Crippen molar-refractivity contribution < 1.29 is 14.3 Å². The van der Waals surface area contributed by atoms with E-state index in [0.29, 0.717) is 25.7 Å². The molecule has 1 saturated heterocycles. The molecule has 0 amide bonds. The van der Waals surface area contributed by atoms with Gasteiger partial charge in [-0.1, -0.05) is 13.3 Å². The first-order chi connectivity index (χ1) is 6.83. The Morgan fingerprint density at radius 2 is 2.21 bits per heavy atom. The van der Waals surface area contributed by atoms with Crippen LogP contribution in [0.4, 0.5) is 0 Å². The molecule has 0 aromatic carbocycles. The standard InChI is InChI=1S/C10H19NO3/c1-2-3-5-14-10(12)4-6-13-9-7-11-8-9/h9,11H,2-8H2,1H3. The van der Waals surface area contributed by atoms with Gasteiger partial charge in [0.25, 0.3) is 0 Å². The highest BCUT2D eigenvalue weighted by atomic mass is 16.5. The summed E-state index contributed by atoms with van der Waals surface area (Å²) in [5.74, 6) is -0.147. The minimum absolute atomic E-state index is 0.147. The lowest BCUT2D eigenvalue weighted by Crippen LogP contribution is -2.48. The van der Waals surface area contributed by atoms with Crippen molar-refractivity contribution >= 4 is 5.97 Å². The number of hydrogen-bond acceptors (Lipinski definition) is 4. The third kappa shape index (κ3) is 4.58. The summed E-state index contributed by atoms with van der Waals surface area (Å²) in [4.78, 5) is 11.1. The highest BCUT2D eigenvalue weighted by Crippen LogP contribution is 1.99. The van der Waals surface area contributed by atoms with Crippen molar-refractivity contribution in [3.8, 4) is 0 Å². The van der Waals surface area contributed by atoms with Crippen molar-refractivity contribution in [2.45, 2.75) is 32.3 Å². The van der Waals surface area contributed by atoms with Crippen molar-refractivity contribution in [3.63, 3.8) is 0 Å². The van der Waals surface area contributed by atoms with E-state index in [9.17, 15) is 4.79 Å². The van der Waals surface area contributed by atoms with Crippen LogP contribution in [-0.2, 0) is 14.3 Å². The van der Waals surface area contributed by atoms with Crippen molar-refractivity contribution in [3.05, 3.63) is 0 Å². The Bertz CT molecular complexity index is 169. The maximum absolute atomic E-state index is 11.1. The van der Waals surface area contributed by atoms with Gasteiger partial charge in [-0.25, -0.2) is 0 Å². The van der Waals surface area contributed by atoms with Gasteiger partial charge in [0.1, 0.15) is 0 Å². The highest BCUT2D eigenvalue weighted by Gasteiger charge is 2.17. The molecule has 0 radical (unpaired) electrons. The van der Waals surface area contributed by atoms with Gasteiger partial charge in [-0.15, -0.1) is 0 Å². The second kappa shape index (κ2) is 6.79. The van der Waals surface area contributed by atoms with Crippen molar-refractivity contribution in [1.82, 2.24) is 5.32 Å². The van der Waals surface area contributed by atoms with Crippen LogP contribution >= 0.6 is 0 Å². The summed E-state index contributed by atoms with van der Waals surface area (Å²) in [7, 11) is 0. The van der Waals surface area contributed by atoms with E-state index in [4.69, 9.17) is 9.47 Å². The highest BCUT2D eigenvalue weighted by molar-refractivity contribution is 5.69. The van der Waals surface area contributed by atoms with Crippen LogP contribution in [-0.4, -0.2) is 38.4 Å². The molecule has 1 fully saturated rings. The number of carbonyl (C=O) groups is 1. The van der Waals surface area contributed by atoms with Crippen LogP contribution in [0.5, 0.6) is 0 Å². The fraction of sp³-hybridized carbons (Fsp3) is 0.900. The lowest BCUT2D eigenvalue weighted by atomic mass is 10.2. The summed E-state index contributed by atoms with van der Waals surface area (Å²) < 4.78 is 10.4. The normalized spacial score (nSPS) is 16.4. The molecular weight excluding hydrogens is 182 g/mol. The Morgan fingerprint density at radius 1 is 1.43 bits per heavy atom. The van der Waals surface area contributed by atoms with Crippen molar-refractivity contribution in [2.75, 3.05) is 26.3 Å². The second-order valence-corrected chi connectivity index (χ2v) is 3.48. The van der Waals surface area contributed by atoms with Gasteiger partial charge in [0, 0.05) is 13.1 Å². The zero-order valence-electron chi connectivity index (χ0n) is 8.75. The summed E-state index contributed by atoms with van der Waals surface area (Å²) in [6.45, 7) is 4.91. The molecule has 0 aromatic heterocycles. The van der Waals surface area contributed by atoms with Crippen LogP contribution in [0.15, 0.2) is 0 Å². The predicted molar refractivity (Wildman–Crippen MR) is 53.1 cm³/mol. The lowest BCUT2D eigenvalue weighted by Gasteiger charge is -2.26. The van der Waals surface area contributed by atoms with Crippen LogP contribution < -0.4 is 5.32 Å². The van der Waals surface area contributed by atoms with Gasteiger partial charge in [-0.2, -0.15) is 0 Å². The second-order valence-electron chi connectivity index (χ2n) is 3.48. The largest absolute Gasteiger partial charge is 0.466 e. The van der Waals surface area contributed by atoms with E-state index < -0.39 is 0 Å². The third-order valence-electron chi connectivity index (χ3n) is 2.16. The Labute approximate surface area is 85.0 Å². The molecule has 0 unspecified atom stereocenters. The van der Waals surface area contributed by atoms with Crippen LogP contribution in [0.25, 0.3) is 0 Å². The molecule has 0 aromatic rings.